The minimum absolute atomic E-state index is 0.0115. The summed E-state index contributed by atoms with van der Waals surface area (Å²) in [7, 11) is -3.32. The van der Waals surface area contributed by atoms with Gasteiger partial charge in [0.15, 0.2) is 15.6 Å². The highest BCUT2D eigenvalue weighted by molar-refractivity contribution is 7.99. The molecule has 1 fully saturated rings. The number of hydrogen-bond donors (Lipinski definition) is 0. The van der Waals surface area contributed by atoms with Crippen LogP contribution in [-0.4, -0.2) is 31.0 Å². The molecule has 1 aliphatic heterocycles. The molecule has 2 aromatic rings. The zero-order valence-electron chi connectivity index (χ0n) is 15.8. The second-order valence-electron chi connectivity index (χ2n) is 7.51. The minimum atomic E-state index is -3.32. The third-order valence-electron chi connectivity index (χ3n) is 5.64. The second-order valence-corrected chi connectivity index (χ2v) is 11.2. The van der Waals surface area contributed by atoms with E-state index in [1.807, 2.05) is 30.3 Å². The van der Waals surface area contributed by atoms with Gasteiger partial charge in [0.1, 0.15) is 5.78 Å². The van der Waals surface area contributed by atoms with Crippen molar-refractivity contribution in [3.63, 3.8) is 0 Å². The molecule has 2 aliphatic rings. The van der Waals surface area contributed by atoms with Crippen LogP contribution in [0.1, 0.15) is 40.7 Å². The van der Waals surface area contributed by atoms with Crippen LogP contribution in [0.4, 0.5) is 0 Å². The highest BCUT2D eigenvalue weighted by atomic mass is 35.5. The van der Waals surface area contributed by atoms with Gasteiger partial charge < -0.3 is 0 Å². The fourth-order valence-corrected chi connectivity index (χ4v) is 7.47. The number of Topliss-reactive ketones (excluding diaryl/α,β-unsaturated/α-hetero) is 2. The Balaban J connectivity index is 1.61. The van der Waals surface area contributed by atoms with E-state index in [-0.39, 0.29) is 38.1 Å². The van der Waals surface area contributed by atoms with Gasteiger partial charge in [0, 0.05) is 23.0 Å². The van der Waals surface area contributed by atoms with Crippen LogP contribution in [0.3, 0.4) is 0 Å². The van der Waals surface area contributed by atoms with Crippen LogP contribution in [0.25, 0.3) is 0 Å². The molecular weight excluding hydrogens is 428 g/mol. The van der Waals surface area contributed by atoms with Crippen molar-refractivity contribution in [2.75, 3.05) is 5.75 Å². The molecular formula is C22H21ClO4S2. The lowest BCUT2D eigenvalue weighted by Crippen LogP contribution is -2.37. The van der Waals surface area contributed by atoms with Crippen LogP contribution in [0.5, 0.6) is 0 Å². The van der Waals surface area contributed by atoms with Crippen LogP contribution >= 0.6 is 23.4 Å². The molecule has 1 saturated carbocycles. The van der Waals surface area contributed by atoms with E-state index in [1.165, 1.54) is 12.1 Å². The molecule has 0 radical (unpaired) electrons. The summed E-state index contributed by atoms with van der Waals surface area (Å²) in [6.45, 7) is 0. The molecule has 0 spiro atoms. The normalized spacial score (nSPS) is 23.0. The molecule has 2 aromatic carbocycles. The minimum Gasteiger partial charge on any atom is -0.299 e. The molecule has 4 nitrogen and oxygen atoms in total. The van der Waals surface area contributed by atoms with Gasteiger partial charge in [-0.05, 0) is 42.5 Å². The Morgan fingerprint density at radius 1 is 1.10 bits per heavy atom. The first-order chi connectivity index (χ1) is 13.9. The second kappa shape index (κ2) is 8.25. The molecule has 4 rings (SSSR count). The Morgan fingerprint density at radius 2 is 1.86 bits per heavy atom. The van der Waals surface area contributed by atoms with Crippen LogP contribution in [0.15, 0.2) is 47.4 Å². The highest BCUT2D eigenvalue weighted by Crippen LogP contribution is 2.39. The first-order valence-electron chi connectivity index (χ1n) is 9.65. The van der Waals surface area contributed by atoms with E-state index < -0.39 is 15.8 Å². The first kappa shape index (κ1) is 20.6. The van der Waals surface area contributed by atoms with E-state index >= 15 is 0 Å². The molecule has 0 aromatic heterocycles. The first-order valence-corrected chi connectivity index (χ1v) is 12.7. The van der Waals surface area contributed by atoms with Crippen molar-refractivity contribution in [3.05, 3.63) is 64.2 Å². The lowest BCUT2D eigenvalue weighted by molar-refractivity contribution is -0.122. The Hall–Kier alpha value is -1.63. The number of hydrogen-bond acceptors (Lipinski definition) is 5. The van der Waals surface area contributed by atoms with Crippen LogP contribution in [-0.2, 0) is 26.8 Å². The number of carbonyl (C=O) groups excluding carboxylic acids is 2. The van der Waals surface area contributed by atoms with Crippen molar-refractivity contribution in [3.8, 4) is 0 Å². The summed E-state index contributed by atoms with van der Waals surface area (Å²) >= 11 is 8.10. The molecule has 152 valence electrons. The van der Waals surface area contributed by atoms with Crippen molar-refractivity contribution in [1.29, 1.82) is 0 Å². The molecule has 0 saturated heterocycles. The van der Waals surface area contributed by atoms with Gasteiger partial charge in [-0.25, -0.2) is 8.42 Å². The van der Waals surface area contributed by atoms with E-state index in [0.717, 1.165) is 24.2 Å². The standard InChI is InChI=1S/C22H21ClO4S2/c23-21-15-11-12-29(26,27)19(15)10-9-16(21)22(25)20-17(24)7-4-8-18(20)28-13-14-5-2-1-3-6-14/h1-3,5-6,9-10,18,20H,4,7-8,11-13H2. The number of benzene rings is 2. The summed E-state index contributed by atoms with van der Waals surface area (Å²) in [6, 6.07) is 12.9. The van der Waals surface area contributed by atoms with Crippen LogP contribution < -0.4 is 0 Å². The molecule has 0 amide bonds. The summed E-state index contributed by atoms with van der Waals surface area (Å²) in [6.07, 6.45) is 2.29. The lowest BCUT2D eigenvalue weighted by atomic mass is 9.82. The number of carbonyl (C=O) groups is 2. The number of rotatable bonds is 5. The van der Waals surface area contributed by atoms with E-state index in [1.54, 1.807) is 11.8 Å². The van der Waals surface area contributed by atoms with E-state index in [0.29, 0.717) is 18.4 Å². The summed E-state index contributed by atoms with van der Waals surface area (Å²) < 4.78 is 24.2. The summed E-state index contributed by atoms with van der Waals surface area (Å²) in [5.74, 6) is -0.310. The third kappa shape index (κ3) is 4.03. The Morgan fingerprint density at radius 3 is 2.62 bits per heavy atom. The number of fused-ring (bicyclic) bond motifs is 1. The zero-order valence-corrected chi connectivity index (χ0v) is 18.2. The average Bonchev–Trinajstić information content (AvgIpc) is 3.02. The Labute approximate surface area is 180 Å². The molecule has 1 aliphatic carbocycles. The van der Waals surface area contributed by atoms with Gasteiger partial charge in [0.2, 0.25) is 0 Å². The van der Waals surface area contributed by atoms with Crippen LogP contribution in [0, 0.1) is 5.92 Å². The van der Waals surface area contributed by atoms with Gasteiger partial charge in [-0.3, -0.25) is 9.59 Å². The lowest BCUT2D eigenvalue weighted by Gasteiger charge is -2.29. The van der Waals surface area contributed by atoms with Gasteiger partial charge >= 0.3 is 0 Å². The highest BCUT2D eigenvalue weighted by Gasteiger charge is 2.40. The van der Waals surface area contributed by atoms with Crippen molar-refractivity contribution in [2.45, 2.75) is 41.6 Å². The molecule has 0 N–H and O–H groups in total. The largest absolute Gasteiger partial charge is 0.299 e. The van der Waals surface area contributed by atoms with Gasteiger partial charge in [-0.15, -0.1) is 0 Å². The number of sulfone groups is 1. The van der Waals surface area contributed by atoms with Crippen molar-refractivity contribution in [2.24, 2.45) is 5.92 Å². The predicted molar refractivity (Wildman–Crippen MR) is 115 cm³/mol. The number of ketones is 2. The third-order valence-corrected chi connectivity index (χ3v) is 9.30. The SMILES string of the molecule is O=C1CCCC(SCc2ccccc2)C1C(=O)c1ccc2c(c1Cl)CCS2(=O)=O. The van der Waals surface area contributed by atoms with Crippen molar-refractivity contribution in [1.82, 2.24) is 0 Å². The fourth-order valence-electron chi connectivity index (χ4n) is 4.11. The smallest absolute Gasteiger partial charge is 0.179 e. The molecule has 2 unspecified atom stereocenters. The summed E-state index contributed by atoms with van der Waals surface area (Å²) in [4.78, 5) is 26.3. The van der Waals surface area contributed by atoms with Gasteiger partial charge in [-0.1, -0.05) is 41.9 Å². The maximum atomic E-state index is 13.3. The van der Waals surface area contributed by atoms with Gasteiger partial charge in [0.25, 0.3) is 0 Å². The Kier molecular flexibility index (Phi) is 5.87. The summed E-state index contributed by atoms with van der Waals surface area (Å²) in [5, 5.41) is 0.0933. The number of thioether (sulfide) groups is 1. The Bertz CT molecular complexity index is 1060. The molecule has 7 heteroatoms. The topological polar surface area (TPSA) is 68.3 Å². The monoisotopic (exact) mass is 448 g/mol. The molecule has 2 atom stereocenters. The van der Waals surface area contributed by atoms with Gasteiger partial charge in [0.05, 0.1) is 21.6 Å². The van der Waals surface area contributed by atoms with E-state index in [2.05, 4.69) is 0 Å². The quantitative estimate of drug-likeness (QED) is 0.496. The van der Waals surface area contributed by atoms with E-state index in [4.69, 9.17) is 11.6 Å². The molecule has 0 bridgehead atoms. The average molecular weight is 449 g/mol. The van der Waals surface area contributed by atoms with Gasteiger partial charge in [-0.2, -0.15) is 11.8 Å². The van der Waals surface area contributed by atoms with E-state index in [9.17, 15) is 18.0 Å². The predicted octanol–water partition coefficient (Wildman–Crippen LogP) is 4.52. The maximum absolute atomic E-state index is 13.3. The zero-order chi connectivity index (χ0) is 20.6. The van der Waals surface area contributed by atoms with Crippen molar-refractivity contribution >= 4 is 44.8 Å². The fraction of sp³-hybridized carbons (Fsp3) is 0.364. The number of halogens is 1. The maximum Gasteiger partial charge on any atom is 0.179 e. The van der Waals surface area contributed by atoms with Crippen LogP contribution in [0.2, 0.25) is 5.02 Å². The molecule has 1 heterocycles. The van der Waals surface area contributed by atoms with Crippen molar-refractivity contribution < 1.29 is 18.0 Å². The summed E-state index contributed by atoms with van der Waals surface area (Å²) in [5.41, 5.74) is 1.94. The molecule has 29 heavy (non-hydrogen) atoms.